The maximum atomic E-state index is 11.6. The number of carbonyl (C=O) groups excluding carboxylic acids is 1. The van der Waals surface area contributed by atoms with Crippen molar-refractivity contribution < 1.29 is 9.53 Å². The molecule has 0 spiro atoms. The Morgan fingerprint density at radius 3 is 2.86 bits per heavy atom. The zero-order valence-electron chi connectivity index (χ0n) is 12.2. The van der Waals surface area contributed by atoms with Gasteiger partial charge in [0.1, 0.15) is 5.50 Å². The third-order valence-electron chi connectivity index (χ3n) is 3.41. The van der Waals surface area contributed by atoms with E-state index in [4.69, 9.17) is 16.3 Å². The lowest BCUT2D eigenvalue weighted by atomic mass is 10.1. The fourth-order valence-corrected chi connectivity index (χ4v) is 3.92. The minimum absolute atomic E-state index is 0.198. The van der Waals surface area contributed by atoms with Gasteiger partial charge in [0.25, 0.3) is 0 Å². The normalized spacial score (nSPS) is 16.5. The molecule has 0 amide bonds. The number of halogens is 1. The van der Waals surface area contributed by atoms with E-state index in [2.05, 4.69) is 0 Å². The molecule has 0 bridgehead atoms. The van der Waals surface area contributed by atoms with E-state index in [0.717, 1.165) is 21.0 Å². The number of fused-ring (bicyclic) bond motifs is 1. The Hall–Kier alpha value is -1.78. The number of para-hydroxylation sites is 1. The molecule has 1 aliphatic rings. The van der Waals surface area contributed by atoms with Crippen LogP contribution in [0.2, 0.25) is 0 Å². The summed E-state index contributed by atoms with van der Waals surface area (Å²) in [6.07, 6.45) is 4.33. The molecule has 2 heterocycles. The van der Waals surface area contributed by atoms with Gasteiger partial charge in [-0.15, -0.1) is 11.3 Å². The van der Waals surface area contributed by atoms with Crippen molar-refractivity contribution in [1.29, 1.82) is 0 Å². The van der Waals surface area contributed by atoms with E-state index in [1.54, 1.807) is 11.3 Å². The molecule has 114 valence electrons. The molecule has 0 saturated carbocycles. The molecule has 3 rings (SSSR count). The number of hydrogen-bond acceptors (Lipinski definition) is 4. The second-order valence-electron chi connectivity index (χ2n) is 4.91. The Morgan fingerprint density at radius 1 is 1.36 bits per heavy atom. The fraction of sp³-hybridized carbons (Fsp3) is 0.235. The van der Waals surface area contributed by atoms with Gasteiger partial charge in [0, 0.05) is 27.2 Å². The molecule has 1 atom stereocenters. The predicted molar refractivity (Wildman–Crippen MR) is 91.2 cm³/mol. The number of rotatable bonds is 4. The first-order chi connectivity index (χ1) is 10.7. The Balaban J connectivity index is 1.82. The van der Waals surface area contributed by atoms with Gasteiger partial charge in [0.2, 0.25) is 0 Å². The van der Waals surface area contributed by atoms with Crippen molar-refractivity contribution in [2.75, 3.05) is 11.5 Å². The second-order valence-corrected chi connectivity index (χ2v) is 6.49. The standard InChI is InChI=1S/C17H16ClNO2S/c1-2-21-16(20)11-13-10-14-15(22-13)8-9-19(17(14)18)12-6-4-3-5-7-12/h3-10,17H,2,11H2,1H3. The van der Waals surface area contributed by atoms with Crippen LogP contribution in [-0.2, 0) is 16.0 Å². The van der Waals surface area contributed by atoms with Crippen LogP contribution in [0.3, 0.4) is 0 Å². The van der Waals surface area contributed by atoms with Crippen LogP contribution in [0.4, 0.5) is 5.69 Å². The summed E-state index contributed by atoms with van der Waals surface area (Å²) in [5, 5.41) is 0. The number of anilines is 1. The Morgan fingerprint density at radius 2 is 2.14 bits per heavy atom. The van der Waals surface area contributed by atoms with Crippen LogP contribution in [0.25, 0.3) is 6.08 Å². The number of thiophene rings is 1. The molecule has 1 aromatic carbocycles. The van der Waals surface area contributed by atoms with Gasteiger partial charge in [-0.1, -0.05) is 29.8 Å². The van der Waals surface area contributed by atoms with E-state index >= 15 is 0 Å². The molecule has 1 unspecified atom stereocenters. The molecule has 0 fully saturated rings. The third-order valence-corrected chi connectivity index (χ3v) is 4.97. The maximum Gasteiger partial charge on any atom is 0.311 e. The first kappa shape index (κ1) is 15.1. The van der Waals surface area contributed by atoms with E-state index in [0.29, 0.717) is 13.0 Å². The van der Waals surface area contributed by atoms with Crippen LogP contribution in [0.15, 0.2) is 42.6 Å². The minimum Gasteiger partial charge on any atom is -0.466 e. The van der Waals surface area contributed by atoms with Crippen molar-refractivity contribution in [3.63, 3.8) is 0 Å². The van der Waals surface area contributed by atoms with E-state index < -0.39 is 0 Å². The SMILES string of the molecule is CCOC(=O)Cc1cc2c(s1)C=CN(c1ccccc1)C2Cl. The van der Waals surface area contributed by atoms with Gasteiger partial charge in [0.05, 0.1) is 13.0 Å². The molecule has 22 heavy (non-hydrogen) atoms. The number of alkyl halides is 1. The number of esters is 1. The first-order valence-electron chi connectivity index (χ1n) is 7.13. The van der Waals surface area contributed by atoms with Gasteiger partial charge < -0.3 is 9.64 Å². The first-order valence-corrected chi connectivity index (χ1v) is 8.38. The summed E-state index contributed by atoms with van der Waals surface area (Å²) >= 11 is 8.22. The Bertz CT molecular complexity index is 696. The van der Waals surface area contributed by atoms with Gasteiger partial charge in [-0.2, -0.15) is 0 Å². The van der Waals surface area contributed by atoms with Gasteiger partial charge in [0.15, 0.2) is 0 Å². The summed E-state index contributed by atoms with van der Waals surface area (Å²) in [6, 6.07) is 12.0. The lowest BCUT2D eigenvalue weighted by Gasteiger charge is -2.29. The van der Waals surface area contributed by atoms with Gasteiger partial charge in [-0.25, -0.2) is 0 Å². The van der Waals surface area contributed by atoms with Gasteiger partial charge >= 0.3 is 5.97 Å². The molecule has 0 saturated heterocycles. The summed E-state index contributed by atoms with van der Waals surface area (Å²) in [4.78, 5) is 15.7. The monoisotopic (exact) mass is 333 g/mol. The highest BCUT2D eigenvalue weighted by Crippen LogP contribution is 2.40. The van der Waals surface area contributed by atoms with Crippen molar-refractivity contribution in [1.82, 2.24) is 0 Å². The molecule has 0 aliphatic carbocycles. The van der Waals surface area contributed by atoms with Crippen LogP contribution in [-0.4, -0.2) is 12.6 Å². The molecule has 5 heteroatoms. The van der Waals surface area contributed by atoms with Crippen molar-refractivity contribution in [2.45, 2.75) is 18.8 Å². The molecule has 1 aliphatic heterocycles. The number of ether oxygens (including phenoxy) is 1. The van der Waals surface area contributed by atoms with Gasteiger partial charge in [-0.3, -0.25) is 4.79 Å². The molecule has 0 radical (unpaired) electrons. The lowest BCUT2D eigenvalue weighted by molar-refractivity contribution is -0.142. The van der Waals surface area contributed by atoms with Crippen LogP contribution in [0, 0.1) is 0 Å². The van der Waals surface area contributed by atoms with E-state index in [1.807, 2.05) is 60.5 Å². The molecule has 2 aromatic rings. The van der Waals surface area contributed by atoms with Crippen LogP contribution >= 0.6 is 22.9 Å². The predicted octanol–water partition coefficient (Wildman–Crippen LogP) is 4.58. The Labute approximate surface area is 138 Å². The molecule has 3 nitrogen and oxygen atoms in total. The van der Waals surface area contributed by atoms with E-state index in [-0.39, 0.29) is 11.5 Å². The largest absolute Gasteiger partial charge is 0.466 e. The average molecular weight is 334 g/mol. The number of hydrogen-bond donors (Lipinski definition) is 0. The number of nitrogens with zero attached hydrogens (tertiary/aromatic N) is 1. The van der Waals surface area contributed by atoms with E-state index in [9.17, 15) is 4.79 Å². The summed E-state index contributed by atoms with van der Waals surface area (Å²) in [6.45, 7) is 2.22. The molecule has 1 aromatic heterocycles. The summed E-state index contributed by atoms with van der Waals surface area (Å²) in [5.74, 6) is -0.198. The summed E-state index contributed by atoms with van der Waals surface area (Å²) in [5.41, 5.74) is 1.81. The molecular weight excluding hydrogens is 318 g/mol. The highest BCUT2D eigenvalue weighted by Gasteiger charge is 2.25. The van der Waals surface area contributed by atoms with E-state index in [1.165, 1.54) is 0 Å². The summed E-state index contributed by atoms with van der Waals surface area (Å²) < 4.78 is 5.00. The highest BCUT2D eigenvalue weighted by atomic mass is 35.5. The lowest BCUT2D eigenvalue weighted by Crippen LogP contribution is -2.21. The zero-order chi connectivity index (χ0) is 15.5. The Kier molecular flexibility index (Phi) is 4.50. The number of carbonyl (C=O) groups is 1. The highest BCUT2D eigenvalue weighted by molar-refractivity contribution is 7.13. The van der Waals surface area contributed by atoms with Crippen molar-refractivity contribution in [3.8, 4) is 0 Å². The van der Waals surface area contributed by atoms with Gasteiger partial charge in [-0.05, 0) is 31.2 Å². The fourth-order valence-electron chi connectivity index (χ4n) is 2.42. The van der Waals surface area contributed by atoms with Crippen LogP contribution in [0.5, 0.6) is 0 Å². The van der Waals surface area contributed by atoms with Crippen molar-refractivity contribution in [3.05, 3.63) is 57.9 Å². The third kappa shape index (κ3) is 3.03. The topological polar surface area (TPSA) is 29.5 Å². The van der Waals surface area contributed by atoms with Crippen molar-refractivity contribution in [2.24, 2.45) is 0 Å². The smallest absolute Gasteiger partial charge is 0.311 e. The molecule has 0 N–H and O–H groups in total. The second kappa shape index (κ2) is 6.55. The van der Waals surface area contributed by atoms with Crippen LogP contribution < -0.4 is 4.90 Å². The minimum atomic E-state index is -0.269. The maximum absolute atomic E-state index is 11.6. The van der Waals surface area contributed by atoms with Crippen molar-refractivity contribution >= 4 is 40.7 Å². The number of benzene rings is 1. The quantitative estimate of drug-likeness (QED) is 0.466. The van der Waals surface area contributed by atoms with Crippen LogP contribution in [0.1, 0.15) is 27.7 Å². The summed E-state index contributed by atoms with van der Waals surface area (Å²) in [7, 11) is 0. The zero-order valence-corrected chi connectivity index (χ0v) is 13.7. The molecular formula is C17H16ClNO2S. The average Bonchev–Trinajstić information content (AvgIpc) is 2.92.